The Balaban J connectivity index is 1.52. The van der Waals surface area contributed by atoms with Crippen LogP contribution in [0, 0.1) is 0 Å². The van der Waals surface area contributed by atoms with Crippen molar-refractivity contribution in [3.05, 3.63) is 42.4 Å². The van der Waals surface area contributed by atoms with Crippen LogP contribution >= 0.6 is 0 Å². The molecule has 27 heavy (non-hydrogen) atoms. The summed E-state index contributed by atoms with van der Waals surface area (Å²) in [5.74, 6) is 3.31. The van der Waals surface area contributed by atoms with Crippen LogP contribution in [0.4, 0.5) is 5.69 Å². The fourth-order valence-electron chi connectivity index (χ4n) is 3.23. The summed E-state index contributed by atoms with van der Waals surface area (Å²) in [7, 11) is 5.14. The van der Waals surface area contributed by atoms with E-state index in [1.807, 2.05) is 18.2 Å². The summed E-state index contributed by atoms with van der Waals surface area (Å²) in [6.07, 6.45) is 3.73. The Labute approximate surface area is 160 Å². The van der Waals surface area contributed by atoms with Crippen molar-refractivity contribution >= 4 is 11.6 Å². The molecule has 1 aromatic heterocycles. The van der Waals surface area contributed by atoms with Gasteiger partial charge in [0.25, 0.3) is 0 Å². The number of aliphatic imine (C=N–C) groups is 1. The average molecular weight is 372 g/mol. The molecule has 2 aromatic rings. The SMILES string of the molecule is CN=C(NCc1ccco1)NC1CCN(c2cc(OC)cc(OC)c2)CC1. The number of anilines is 1. The van der Waals surface area contributed by atoms with E-state index < -0.39 is 0 Å². The van der Waals surface area contributed by atoms with Crippen molar-refractivity contribution in [3.8, 4) is 11.5 Å². The first-order chi connectivity index (χ1) is 13.2. The first-order valence-electron chi connectivity index (χ1n) is 9.19. The van der Waals surface area contributed by atoms with Crippen molar-refractivity contribution in [2.75, 3.05) is 39.3 Å². The van der Waals surface area contributed by atoms with Gasteiger partial charge in [0.1, 0.15) is 17.3 Å². The monoisotopic (exact) mass is 372 g/mol. The first kappa shape index (κ1) is 18.9. The van der Waals surface area contributed by atoms with Gasteiger partial charge in [0.05, 0.1) is 27.0 Å². The van der Waals surface area contributed by atoms with Gasteiger partial charge < -0.3 is 29.4 Å². The molecule has 1 aromatic carbocycles. The van der Waals surface area contributed by atoms with Crippen molar-refractivity contribution in [1.29, 1.82) is 0 Å². The Morgan fingerprint density at radius 1 is 1.19 bits per heavy atom. The minimum Gasteiger partial charge on any atom is -0.497 e. The third kappa shape index (κ3) is 5.09. The van der Waals surface area contributed by atoms with Crippen LogP contribution in [0.25, 0.3) is 0 Å². The lowest BCUT2D eigenvalue weighted by Crippen LogP contribution is -2.48. The number of methoxy groups -OCH3 is 2. The Kier molecular flexibility index (Phi) is 6.46. The summed E-state index contributed by atoms with van der Waals surface area (Å²) < 4.78 is 16.1. The van der Waals surface area contributed by atoms with E-state index in [4.69, 9.17) is 13.9 Å². The van der Waals surface area contributed by atoms with Gasteiger partial charge in [-0.3, -0.25) is 4.99 Å². The second kappa shape index (κ2) is 9.21. The summed E-state index contributed by atoms with van der Waals surface area (Å²) in [5, 5.41) is 6.80. The molecule has 2 N–H and O–H groups in total. The predicted octanol–water partition coefficient (Wildman–Crippen LogP) is 2.63. The third-order valence-corrected chi connectivity index (χ3v) is 4.77. The van der Waals surface area contributed by atoms with Crippen molar-refractivity contribution in [3.63, 3.8) is 0 Å². The van der Waals surface area contributed by atoms with Gasteiger partial charge in [0.15, 0.2) is 5.96 Å². The van der Waals surface area contributed by atoms with Gasteiger partial charge in [-0.15, -0.1) is 0 Å². The molecule has 1 saturated heterocycles. The highest BCUT2D eigenvalue weighted by Crippen LogP contribution is 2.30. The number of hydrogen-bond donors (Lipinski definition) is 2. The van der Waals surface area contributed by atoms with E-state index in [2.05, 4.69) is 32.7 Å². The molecule has 0 radical (unpaired) electrons. The van der Waals surface area contributed by atoms with Crippen LogP contribution in [0.3, 0.4) is 0 Å². The molecule has 146 valence electrons. The summed E-state index contributed by atoms with van der Waals surface area (Å²) in [5.41, 5.74) is 1.13. The minimum atomic E-state index is 0.386. The number of hydrogen-bond acceptors (Lipinski definition) is 5. The Bertz CT molecular complexity index is 715. The molecule has 0 saturated carbocycles. The molecule has 2 heterocycles. The van der Waals surface area contributed by atoms with E-state index in [1.54, 1.807) is 27.5 Å². The molecule has 1 aliphatic heterocycles. The smallest absolute Gasteiger partial charge is 0.191 e. The molecule has 0 atom stereocenters. The maximum atomic E-state index is 5.38. The second-order valence-electron chi connectivity index (χ2n) is 6.48. The van der Waals surface area contributed by atoms with E-state index >= 15 is 0 Å². The minimum absolute atomic E-state index is 0.386. The number of benzene rings is 1. The van der Waals surface area contributed by atoms with E-state index in [0.29, 0.717) is 12.6 Å². The molecule has 3 rings (SSSR count). The largest absolute Gasteiger partial charge is 0.497 e. The van der Waals surface area contributed by atoms with Gasteiger partial charge in [0.2, 0.25) is 0 Å². The van der Waals surface area contributed by atoms with E-state index in [-0.39, 0.29) is 0 Å². The lowest BCUT2D eigenvalue weighted by atomic mass is 10.0. The highest BCUT2D eigenvalue weighted by atomic mass is 16.5. The van der Waals surface area contributed by atoms with Gasteiger partial charge in [0, 0.05) is 50.1 Å². The van der Waals surface area contributed by atoms with Crippen LogP contribution in [-0.2, 0) is 6.54 Å². The normalized spacial score (nSPS) is 15.5. The summed E-state index contributed by atoms with van der Waals surface area (Å²) in [6.45, 7) is 2.54. The molecular formula is C20H28N4O3. The quantitative estimate of drug-likeness (QED) is 0.600. The third-order valence-electron chi connectivity index (χ3n) is 4.77. The molecule has 0 amide bonds. The number of nitrogens with zero attached hydrogens (tertiary/aromatic N) is 2. The van der Waals surface area contributed by atoms with Crippen LogP contribution in [0.15, 0.2) is 46.0 Å². The van der Waals surface area contributed by atoms with Crippen LogP contribution in [0.2, 0.25) is 0 Å². The Hall–Kier alpha value is -2.83. The molecule has 0 aliphatic carbocycles. The first-order valence-corrected chi connectivity index (χ1v) is 9.19. The van der Waals surface area contributed by atoms with Crippen molar-refractivity contribution < 1.29 is 13.9 Å². The van der Waals surface area contributed by atoms with Crippen LogP contribution in [0.5, 0.6) is 11.5 Å². The van der Waals surface area contributed by atoms with E-state index in [0.717, 1.165) is 54.8 Å². The van der Waals surface area contributed by atoms with Crippen LogP contribution < -0.4 is 25.0 Å². The standard InChI is InChI=1S/C20H28N4O3/c1-21-20(22-14-17-5-4-10-27-17)23-15-6-8-24(9-7-15)16-11-18(25-2)13-19(12-16)26-3/h4-5,10-13,15H,6-9,14H2,1-3H3,(H2,21,22,23). The molecule has 7 nitrogen and oxygen atoms in total. The van der Waals surface area contributed by atoms with Gasteiger partial charge in [-0.25, -0.2) is 0 Å². The average Bonchev–Trinajstić information content (AvgIpc) is 3.24. The maximum absolute atomic E-state index is 5.38. The maximum Gasteiger partial charge on any atom is 0.191 e. The molecule has 0 unspecified atom stereocenters. The highest BCUT2D eigenvalue weighted by molar-refractivity contribution is 5.79. The number of rotatable bonds is 6. The number of nitrogens with one attached hydrogen (secondary N) is 2. The molecular weight excluding hydrogens is 344 g/mol. The molecule has 1 fully saturated rings. The lowest BCUT2D eigenvalue weighted by molar-refractivity contribution is 0.393. The predicted molar refractivity (Wildman–Crippen MR) is 107 cm³/mol. The molecule has 1 aliphatic rings. The van der Waals surface area contributed by atoms with Crippen molar-refractivity contribution in [2.24, 2.45) is 4.99 Å². The number of guanidine groups is 1. The Morgan fingerprint density at radius 3 is 2.44 bits per heavy atom. The van der Waals surface area contributed by atoms with Crippen molar-refractivity contribution in [1.82, 2.24) is 10.6 Å². The summed E-state index contributed by atoms with van der Waals surface area (Å²) in [6, 6.07) is 10.2. The number of piperidine rings is 1. The molecule has 0 spiro atoms. The second-order valence-corrected chi connectivity index (χ2v) is 6.48. The van der Waals surface area contributed by atoms with Gasteiger partial charge >= 0.3 is 0 Å². The van der Waals surface area contributed by atoms with Gasteiger partial charge in [-0.1, -0.05) is 0 Å². The highest BCUT2D eigenvalue weighted by Gasteiger charge is 2.21. The van der Waals surface area contributed by atoms with Gasteiger partial charge in [-0.2, -0.15) is 0 Å². The topological polar surface area (TPSA) is 71.3 Å². The van der Waals surface area contributed by atoms with E-state index in [1.165, 1.54) is 0 Å². The number of furan rings is 1. The summed E-state index contributed by atoms with van der Waals surface area (Å²) >= 11 is 0. The molecule has 0 bridgehead atoms. The van der Waals surface area contributed by atoms with Crippen molar-refractivity contribution in [2.45, 2.75) is 25.4 Å². The van der Waals surface area contributed by atoms with Crippen LogP contribution in [0.1, 0.15) is 18.6 Å². The number of ether oxygens (including phenoxy) is 2. The lowest BCUT2D eigenvalue weighted by Gasteiger charge is -2.34. The zero-order chi connectivity index (χ0) is 19.1. The summed E-state index contributed by atoms with van der Waals surface area (Å²) in [4.78, 5) is 6.67. The zero-order valence-corrected chi connectivity index (χ0v) is 16.2. The Morgan fingerprint density at radius 2 is 1.89 bits per heavy atom. The van der Waals surface area contributed by atoms with Crippen LogP contribution in [-0.4, -0.2) is 46.4 Å². The van der Waals surface area contributed by atoms with E-state index in [9.17, 15) is 0 Å². The van der Waals surface area contributed by atoms with Gasteiger partial charge in [-0.05, 0) is 25.0 Å². The fourth-order valence-corrected chi connectivity index (χ4v) is 3.23. The zero-order valence-electron chi connectivity index (χ0n) is 16.2. The fraction of sp³-hybridized carbons (Fsp3) is 0.450. The molecule has 7 heteroatoms.